The maximum Gasteiger partial charge on any atom is 0.338 e. The molecule has 0 unspecified atom stereocenters. The van der Waals surface area contributed by atoms with Crippen LogP contribution in [0, 0.1) is 12.8 Å². The monoisotopic (exact) mass is 245 g/mol. The van der Waals surface area contributed by atoms with Gasteiger partial charge in [-0.3, -0.25) is 4.90 Å². The van der Waals surface area contributed by atoms with Crippen LogP contribution in [0.2, 0.25) is 0 Å². The third kappa shape index (κ3) is 2.27. The molecule has 1 aromatic rings. The van der Waals surface area contributed by atoms with Crippen molar-refractivity contribution in [2.24, 2.45) is 5.92 Å². The second-order valence-corrected chi connectivity index (χ2v) is 5.45. The predicted molar refractivity (Wildman–Crippen MR) is 69.5 cm³/mol. The van der Waals surface area contributed by atoms with Crippen LogP contribution < -0.4 is 0 Å². The lowest BCUT2D eigenvalue weighted by atomic mass is 9.86. The molecular formula is C15H19NO2. The van der Waals surface area contributed by atoms with Gasteiger partial charge in [-0.1, -0.05) is 17.7 Å². The predicted octanol–water partition coefficient (Wildman–Crippen LogP) is 2.25. The molecular weight excluding hydrogens is 226 g/mol. The normalized spacial score (nSPS) is 30.2. The number of rotatable bonds is 2. The molecule has 4 rings (SSSR count). The Labute approximate surface area is 108 Å². The summed E-state index contributed by atoms with van der Waals surface area (Å²) < 4.78 is 5.67. The summed E-state index contributed by atoms with van der Waals surface area (Å²) >= 11 is 0. The minimum absolute atomic E-state index is 0.0984. The molecule has 3 fully saturated rings. The van der Waals surface area contributed by atoms with Crippen LogP contribution in [-0.2, 0) is 4.74 Å². The first kappa shape index (κ1) is 11.7. The van der Waals surface area contributed by atoms with Gasteiger partial charge in [-0.15, -0.1) is 0 Å². The lowest BCUT2D eigenvalue weighted by Gasteiger charge is -2.43. The van der Waals surface area contributed by atoms with Crippen molar-refractivity contribution >= 4 is 5.97 Å². The number of esters is 1. The molecule has 3 saturated heterocycles. The zero-order chi connectivity index (χ0) is 12.5. The fourth-order valence-electron chi connectivity index (χ4n) is 2.94. The highest BCUT2D eigenvalue weighted by molar-refractivity contribution is 5.89. The maximum atomic E-state index is 12.1. The van der Waals surface area contributed by atoms with E-state index in [2.05, 4.69) is 4.90 Å². The minimum Gasteiger partial charge on any atom is -0.457 e. The number of hydrogen-bond donors (Lipinski definition) is 0. The Morgan fingerprint density at radius 1 is 1.22 bits per heavy atom. The number of carbonyl (C=O) groups excluding carboxylic acids is 1. The van der Waals surface area contributed by atoms with Gasteiger partial charge in [0, 0.05) is 6.54 Å². The highest BCUT2D eigenvalue weighted by Crippen LogP contribution is 2.30. The first-order chi connectivity index (χ1) is 8.72. The van der Waals surface area contributed by atoms with Crippen molar-refractivity contribution < 1.29 is 9.53 Å². The molecule has 0 N–H and O–H groups in total. The molecule has 3 aliphatic heterocycles. The Bertz CT molecular complexity index is 432. The molecule has 0 amide bonds. The summed E-state index contributed by atoms with van der Waals surface area (Å²) in [6.07, 6.45) is 2.44. The number of carbonyl (C=O) groups is 1. The van der Waals surface area contributed by atoms with Gasteiger partial charge in [-0.05, 0) is 50.9 Å². The van der Waals surface area contributed by atoms with E-state index in [0.717, 1.165) is 12.1 Å². The average Bonchev–Trinajstić information content (AvgIpc) is 2.41. The molecule has 1 aromatic carbocycles. The van der Waals surface area contributed by atoms with Crippen molar-refractivity contribution in [2.75, 3.05) is 19.6 Å². The van der Waals surface area contributed by atoms with Crippen LogP contribution in [0.5, 0.6) is 0 Å². The van der Waals surface area contributed by atoms with Crippen molar-refractivity contribution in [1.82, 2.24) is 4.90 Å². The Kier molecular flexibility index (Phi) is 3.08. The van der Waals surface area contributed by atoms with Crippen LogP contribution in [0.4, 0.5) is 0 Å². The third-order valence-corrected chi connectivity index (χ3v) is 4.14. The quantitative estimate of drug-likeness (QED) is 0.748. The molecule has 96 valence electrons. The van der Waals surface area contributed by atoms with Crippen LogP contribution in [-0.4, -0.2) is 36.6 Å². The maximum absolute atomic E-state index is 12.1. The fraction of sp³-hybridized carbons (Fsp3) is 0.533. The van der Waals surface area contributed by atoms with Crippen LogP contribution in [0.1, 0.15) is 28.8 Å². The average molecular weight is 245 g/mol. The molecule has 1 atom stereocenters. The largest absolute Gasteiger partial charge is 0.457 e. The molecule has 3 nitrogen and oxygen atoms in total. The standard InChI is InChI=1S/C15H19NO2/c1-11-2-4-13(5-3-11)15(17)18-14-10-16-8-6-12(14)7-9-16/h2-5,12,14H,6-10H2,1H3/t14-/m0/s1. The van der Waals surface area contributed by atoms with Gasteiger partial charge in [0.2, 0.25) is 0 Å². The summed E-state index contributed by atoms with van der Waals surface area (Å²) in [5, 5.41) is 0. The zero-order valence-corrected chi connectivity index (χ0v) is 10.8. The summed E-state index contributed by atoms with van der Waals surface area (Å²) in [7, 11) is 0. The van der Waals surface area contributed by atoms with Crippen molar-refractivity contribution in [2.45, 2.75) is 25.9 Å². The van der Waals surface area contributed by atoms with E-state index in [1.54, 1.807) is 0 Å². The number of aryl methyl sites for hydroxylation is 1. The highest BCUT2D eigenvalue weighted by Gasteiger charge is 2.36. The first-order valence-corrected chi connectivity index (χ1v) is 6.72. The Morgan fingerprint density at radius 2 is 1.89 bits per heavy atom. The van der Waals surface area contributed by atoms with E-state index >= 15 is 0 Å². The summed E-state index contributed by atoms with van der Waals surface area (Å²) in [6.45, 7) is 5.28. The Morgan fingerprint density at radius 3 is 2.44 bits per heavy atom. The second-order valence-electron chi connectivity index (χ2n) is 5.45. The fourth-order valence-corrected chi connectivity index (χ4v) is 2.94. The number of nitrogens with zero attached hydrogens (tertiary/aromatic N) is 1. The summed E-state index contributed by atoms with van der Waals surface area (Å²) in [4.78, 5) is 14.5. The van der Waals surface area contributed by atoms with Crippen molar-refractivity contribution in [3.63, 3.8) is 0 Å². The zero-order valence-electron chi connectivity index (χ0n) is 10.8. The number of hydrogen-bond acceptors (Lipinski definition) is 3. The van der Waals surface area contributed by atoms with Gasteiger partial charge < -0.3 is 4.74 Å². The van der Waals surface area contributed by atoms with E-state index in [4.69, 9.17) is 4.74 Å². The SMILES string of the molecule is Cc1ccc(C(=O)O[C@H]2CN3CCC2CC3)cc1. The van der Waals surface area contributed by atoms with E-state index in [0.29, 0.717) is 11.5 Å². The van der Waals surface area contributed by atoms with Gasteiger partial charge in [-0.2, -0.15) is 0 Å². The van der Waals surface area contributed by atoms with E-state index in [1.165, 1.54) is 25.9 Å². The second kappa shape index (κ2) is 4.73. The van der Waals surface area contributed by atoms with Gasteiger partial charge in [0.1, 0.15) is 6.10 Å². The van der Waals surface area contributed by atoms with E-state index in [-0.39, 0.29) is 12.1 Å². The van der Waals surface area contributed by atoms with Crippen LogP contribution in [0.15, 0.2) is 24.3 Å². The lowest BCUT2D eigenvalue weighted by Crippen LogP contribution is -2.51. The summed E-state index contributed by atoms with van der Waals surface area (Å²) in [5.41, 5.74) is 1.83. The van der Waals surface area contributed by atoms with Crippen LogP contribution in [0.25, 0.3) is 0 Å². The van der Waals surface area contributed by atoms with Gasteiger partial charge in [0.05, 0.1) is 5.56 Å². The van der Waals surface area contributed by atoms with Crippen LogP contribution >= 0.6 is 0 Å². The number of benzene rings is 1. The number of fused-ring (bicyclic) bond motifs is 3. The van der Waals surface area contributed by atoms with Gasteiger partial charge in [0.25, 0.3) is 0 Å². The molecule has 0 aromatic heterocycles. The molecule has 0 aliphatic carbocycles. The number of ether oxygens (including phenoxy) is 1. The molecule has 2 bridgehead atoms. The Hall–Kier alpha value is -1.35. The molecule has 0 saturated carbocycles. The topological polar surface area (TPSA) is 29.5 Å². The number of piperidine rings is 3. The van der Waals surface area contributed by atoms with Gasteiger partial charge in [-0.25, -0.2) is 4.79 Å². The molecule has 18 heavy (non-hydrogen) atoms. The van der Waals surface area contributed by atoms with E-state index < -0.39 is 0 Å². The molecule has 0 radical (unpaired) electrons. The highest BCUT2D eigenvalue weighted by atomic mass is 16.5. The lowest BCUT2D eigenvalue weighted by molar-refractivity contribution is -0.0455. The van der Waals surface area contributed by atoms with Crippen LogP contribution in [0.3, 0.4) is 0 Å². The molecule has 3 heterocycles. The van der Waals surface area contributed by atoms with Crippen molar-refractivity contribution in [1.29, 1.82) is 0 Å². The minimum atomic E-state index is -0.172. The van der Waals surface area contributed by atoms with E-state index in [1.807, 2.05) is 31.2 Å². The van der Waals surface area contributed by atoms with Crippen molar-refractivity contribution in [3.05, 3.63) is 35.4 Å². The summed E-state index contributed by atoms with van der Waals surface area (Å²) in [6, 6.07) is 7.60. The molecule has 3 aliphatic rings. The Balaban J connectivity index is 1.66. The smallest absolute Gasteiger partial charge is 0.338 e. The van der Waals surface area contributed by atoms with Crippen molar-refractivity contribution in [3.8, 4) is 0 Å². The summed E-state index contributed by atoms with van der Waals surface area (Å²) in [5.74, 6) is 0.401. The van der Waals surface area contributed by atoms with E-state index in [9.17, 15) is 4.79 Å². The van der Waals surface area contributed by atoms with Gasteiger partial charge >= 0.3 is 5.97 Å². The third-order valence-electron chi connectivity index (χ3n) is 4.14. The molecule has 3 heteroatoms. The van der Waals surface area contributed by atoms with Gasteiger partial charge in [0.15, 0.2) is 0 Å². The first-order valence-electron chi connectivity index (χ1n) is 6.72. The molecule has 0 spiro atoms.